The minimum atomic E-state index is -0.494. The number of hydrogen-bond donors (Lipinski definition) is 1. The molecule has 2 heterocycles. The number of ether oxygens (including phenoxy) is 3. The van der Waals surface area contributed by atoms with Crippen molar-refractivity contribution in [3.8, 4) is 11.5 Å². The molecule has 0 unspecified atom stereocenters. The Bertz CT molecular complexity index is 1120. The van der Waals surface area contributed by atoms with Crippen LogP contribution in [0.4, 0.5) is 0 Å². The summed E-state index contributed by atoms with van der Waals surface area (Å²) in [5, 5.41) is 1.13. The zero-order valence-electron chi connectivity index (χ0n) is 16.7. The summed E-state index contributed by atoms with van der Waals surface area (Å²) in [5.41, 5.74) is 3.88. The number of amides is 1. The molecule has 0 spiro atoms. The quantitative estimate of drug-likeness (QED) is 0.572. The van der Waals surface area contributed by atoms with E-state index in [1.165, 1.54) is 19.9 Å². The molecule has 2 aromatic carbocycles. The van der Waals surface area contributed by atoms with Crippen LogP contribution < -0.4 is 9.47 Å². The third kappa shape index (κ3) is 3.75. The molecule has 1 amide bonds. The number of carbonyl (C=O) groups is 2. The summed E-state index contributed by atoms with van der Waals surface area (Å²) in [6.07, 6.45) is 0.764. The van der Waals surface area contributed by atoms with Gasteiger partial charge in [0.2, 0.25) is 0 Å². The van der Waals surface area contributed by atoms with Gasteiger partial charge in [0.25, 0.3) is 5.91 Å². The van der Waals surface area contributed by atoms with Crippen LogP contribution in [0.5, 0.6) is 11.5 Å². The summed E-state index contributed by atoms with van der Waals surface area (Å²) in [6.45, 7) is 0.928. The molecular formula is C22H21BrN2O5. The molecule has 0 bridgehead atoms. The molecule has 0 saturated heterocycles. The van der Waals surface area contributed by atoms with Crippen molar-refractivity contribution in [1.29, 1.82) is 0 Å². The van der Waals surface area contributed by atoms with E-state index in [0.717, 1.165) is 27.4 Å². The fourth-order valence-corrected chi connectivity index (χ4v) is 4.14. The predicted octanol–water partition coefficient (Wildman–Crippen LogP) is 3.69. The Hall–Kier alpha value is -3.00. The van der Waals surface area contributed by atoms with E-state index >= 15 is 0 Å². The summed E-state index contributed by atoms with van der Waals surface area (Å²) < 4.78 is 16.4. The molecule has 3 aromatic rings. The molecule has 0 atom stereocenters. The first-order valence-corrected chi connectivity index (χ1v) is 10.3. The molecule has 0 radical (unpaired) electrons. The van der Waals surface area contributed by atoms with Crippen LogP contribution in [0.25, 0.3) is 10.9 Å². The van der Waals surface area contributed by atoms with Crippen molar-refractivity contribution in [2.24, 2.45) is 0 Å². The standard InChI is InChI=1S/C22H21BrN2O5/c1-28-19-10-13(6-7-18(19)30-12-20(26)29-2)22(27)25-9-8-17-15(11-25)14-4-3-5-16(23)21(14)24-17/h3-7,10,24H,8-9,11-12H2,1-2H3. The van der Waals surface area contributed by atoms with Crippen LogP contribution in [0.1, 0.15) is 21.6 Å². The van der Waals surface area contributed by atoms with Crippen LogP contribution in [0.15, 0.2) is 40.9 Å². The maximum absolute atomic E-state index is 13.2. The van der Waals surface area contributed by atoms with Crippen molar-refractivity contribution >= 4 is 38.7 Å². The van der Waals surface area contributed by atoms with Crippen LogP contribution in [-0.4, -0.2) is 49.1 Å². The van der Waals surface area contributed by atoms with Crippen LogP contribution in [0, 0.1) is 0 Å². The Morgan fingerprint density at radius 2 is 2.00 bits per heavy atom. The number of para-hydroxylation sites is 1. The molecule has 156 valence electrons. The number of carbonyl (C=O) groups excluding carboxylic acids is 2. The molecule has 1 aromatic heterocycles. The van der Waals surface area contributed by atoms with Crippen molar-refractivity contribution in [3.63, 3.8) is 0 Å². The zero-order valence-corrected chi connectivity index (χ0v) is 18.2. The molecule has 8 heteroatoms. The highest BCUT2D eigenvalue weighted by Crippen LogP contribution is 2.33. The van der Waals surface area contributed by atoms with E-state index in [4.69, 9.17) is 9.47 Å². The molecular weight excluding hydrogens is 452 g/mol. The lowest BCUT2D eigenvalue weighted by molar-refractivity contribution is -0.142. The van der Waals surface area contributed by atoms with Gasteiger partial charge in [-0.2, -0.15) is 0 Å². The summed E-state index contributed by atoms with van der Waals surface area (Å²) in [4.78, 5) is 29.8. The number of rotatable bonds is 5. The second kappa shape index (κ2) is 8.39. The lowest BCUT2D eigenvalue weighted by atomic mass is 10.0. The van der Waals surface area contributed by atoms with E-state index in [1.54, 1.807) is 18.2 Å². The Labute approximate surface area is 182 Å². The molecule has 0 fully saturated rings. The number of esters is 1. The molecule has 1 N–H and O–H groups in total. The van der Waals surface area contributed by atoms with Crippen molar-refractivity contribution in [3.05, 3.63) is 57.7 Å². The van der Waals surface area contributed by atoms with Gasteiger partial charge in [-0.3, -0.25) is 4.79 Å². The van der Waals surface area contributed by atoms with Gasteiger partial charge in [0.05, 0.1) is 19.7 Å². The van der Waals surface area contributed by atoms with Crippen molar-refractivity contribution in [2.75, 3.05) is 27.4 Å². The molecule has 1 aliphatic rings. The Kier molecular flexibility index (Phi) is 5.67. The number of H-pyrrole nitrogens is 1. The van der Waals surface area contributed by atoms with E-state index in [1.807, 2.05) is 17.0 Å². The summed E-state index contributed by atoms with van der Waals surface area (Å²) >= 11 is 3.59. The number of fused-ring (bicyclic) bond motifs is 3. The highest BCUT2D eigenvalue weighted by atomic mass is 79.9. The predicted molar refractivity (Wildman–Crippen MR) is 115 cm³/mol. The summed E-state index contributed by atoms with van der Waals surface area (Å²) in [6, 6.07) is 11.0. The molecule has 0 saturated carbocycles. The number of aromatic nitrogens is 1. The van der Waals surface area contributed by atoms with Crippen molar-refractivity contribution < 1.29 is 23.8 Å². The normalized spacial score (nSPS) is 13.1. The Morgan fingerprint density at radius 1 is 1.17 bits per heavy atom. The Morgan fingerprint density at radius 3 is 2.77 bits per heavy atom. The van der Waals surface area contributed by atoms with Gasteiger partial charge in [-0.05, 0) is 40.2 Å². The van der Waals surface area contributed by atoms with Crippen LogP contribution in [0.3, 0.4) is 0 Å². The van der Waals surface area contributed by atoms with Crippen LogP contribution in [0.2, 0.25) is 0 Å². The number of nitrogens with zero attached hydrogens (tertiary/aromatic N) is 1. The van der Waals surface area contributed by atoms with Crippen molar-refractivity contribution in [2.45, 2.75) is 13.0 Å². The minimum absolute atomic E-state index is 0.0807. The van der Waals surface area contributed by atoms with Crippen LogP contribution >= 0.6 is 15.9 Å². The Balaban J connectivity index is 1.56. The lowest BCUT2D eigenvalue weighted by Crippen LogP contribution is -2.35. The van der Waals surface area contributed by atoms with Crippen LogP contribution in [-0.2, 0) is 22.5 Å². The zero-order chi connectivity index (χ0) is 21.3. The van der Waals surface area contributed by atoms with Crippen molar-refractivity contribution in [1.82, 2.24) is 9.88 Å². The summed E-state index contributed by atoms with van der Waals surface area (Å²) in [5.74, 6) is 0.190. The fourth-order valence-electron chi connectivity index (χ4n) is 3.67. The average Bonchev–Trinajstić information content (AvgIpc) is 3.16. The highest BCUT2D eigenvalue weighted by molar-refractivity contribution is 9.10. The van der Waals surface area contributed by atoms with Gasteiger partial charge in [0.15, 0.2) is 18.1 Å². The number of methoxy groups -OCH3 is 2. The van der Waals surface area contributed by atoms with Gasteiger partial charge in [-0.15, -0.1) is 0 Å². The lowest BCUT2D eigenvalue weighted by Gasteiger charge is -2.27. The molecule has 4 rings (SSSR count). The highest BCUT2D eigenvalue weighted by Gasteiger charge is 2.26. The minimum Gasteiger partial charge on any atom is -0.493 e. The average molecular weight is 473 g/mol. The molecule has 1 aliphatic heterocycles. The molecule has 30 heavy (non-hydrogen) atoms. The fraction of sp³-hybridized carbons (Fsp3) is 0.273. The van der Waals surface area contributed by atoms with Gasteiger partial charge < -0.3 is 24.1 Å². The third-order valence-corrected chi connectivity index (χ3v) is 5.89. The van der Waals surface area contributed by atoms with Gasteiger partial charge >= 0.3 is 5.97 Å². The second-order valence-corrected chi connectivity index (χ2v) is 7.81. The topological polar surface area (TPSA) is 80.9 Å². The van der Waals surface area contributed by atoms with Gasteiger partial charge in [0.1, 0.15) is 0 Å². The van der Waals surface area contributed by atoms with Gasteiger partial charge in [-0.1, -0.05) is 12.1 Å². The van der Waals surface area contributed by atoms with E-state index in [2.05, 4.69) is 31.7 Å². The van der Waals surface area contributed by atoms with E-state index < -0.39 is 5.97 Å². The van der Waals surface area contributed by atoms with E-state index in [9.17, 15) is 9.59 Å². The number of benzene rings is 2. The molecule has 7 nitrogen and oxygen atoms in total. The van der Waals surface area contributed by atoms with Gasteiger partial charge in [0, 0.05) is 46.2 Å². The maximum atomic E-state index is 13.2. The first kappa shape index (κ1) is 20.3. The molecule has 0 aliphatic carbocycles. The van der Waals surface area contributed by atoms with Gasteiger partial charge in [-0.25, -0.2) is 4.79 Å². The SMILES string of the molecule is COC(=O)COc1ccc(C(=O)N2CCc3[nH]c4c(Br)cccc4c3C2)cc1OC. The van der Waals surface area contributed by atoms with E-state index in [-0.39, 0.29) is 12.5 Å². The number of aromatic amines is 1. The first-order chi connectivity index (χ1) is 14.5. The number of nitrogens with one attached hydrogen (secondary N) is 1. The third-order valence-electron chi connectivity index (χ3n) is 5.23. The maximum Gasteiger partial charge on any atom is 0.343 e. The monoisotopic (exact) mass is 472 g/mol. The largest absolute Gasteiger partial charge is 0.493 e. The number of hydrogen-bond acceptors (Lipinski definition) is 5. The smallest absolute Gasteiger partial charge is 0.343 e. The first-order valence-electron chi connectivity index (χ1n) is 9.46. The number of halogens is 1. The summed E-state index contributed by atoms with van der Waals surface area (Å²) in [7, 11) is 2.78. The van der Waals surface area contributed by atoms with E-state index in [0.29, 0.717) is 30.2 Å². The second-order valence-electron chi connectivity index (χ2n) is 6.95.